The number of nitrogens with zero attached hydrogens (tertiary/aromatic N) is 3. The molecule has 0 unspecified atom stereocenters. The number of hydrogen-bond donors (Lipinski definition) is 0. The van der Waals surface area contributed by atoms with Crippen molar-refractivity contribution in [1.82, 2.24) is 9.13 Å². The number of aromatic nitrogens is 2. The Bertz CT molecular complexity index is 3980. The van der Waals surface area contributed by atoms with Crippen molar-refractivity contribution in [2.75, 3.05) is 4.90 Å². The Kier molecular flexibility index (Phi) is 10.8. The number of para-hydroxylation sites is 2. The van der Waals surface area contributed by atoms with Crippen molar-refractivity contribution < 1.29 is 4.39 Å². The molecule has 0 bridgehead atoms. The van der Waals surface area contributed by atoms with E-state index >= 15 is 0 Å². The van der Waals surface area contributed by atoms with E-state index < -0.39 is 13.3 Å². The minimum absolute atomic E-state index is 0.259. The maximum Gasteiger partial charge on any atom is -0.0378 e. The van der Waals surface area contributed by atoms with Gasteiger partial charge in [-0.2, -0.15) is 0 Å². The van der Waals surface area contributed by atoms with Gasteiger partial charge in [-0.1, -0.05) is 54.1 Å². The fraction of sp³-hybridized carbons (Fsp3) is 0.0149. The van der Waals surface area contributed by atoms with Crippen LogP contribution in [0, 0.1) is 12.7 Å². The van der Waals surface area contributed by atoms with Crippen molar-refractivity contribution in [1.29, 1.82) is 0 Å². The molecule has 13 rings (SSSR count). The SMILES string of the molecule is Cc1ccc(N(c2ccc3c(c2)c2ccccc2n3-c2ccccc2)c2ccc3c(c2)c2cc(-c4cc[c]([Ge]([c]5ccccc5)([c]5ccccc5)[c]5ccccc5)cc4)ccc2n3-c2ccc(F)cc2)cc1. The van der Waals surface area contributed by atoms with Crippen molar-refractivity contribution >= 4 is 91.5 Å². The average molecular weight is 987 g/mol. The third kappa shape index (κ3) is 7.25. The molecule has 0 atom stereocenters. The van der Waals surface area contributed by atoms with Gasteiger partial charge in [-0.05, 0) is 55.5 Å². The molecule has 0 saturated carbocycles. The second-order valence-corrected chi connectivity index (χ2v) is 26.7. The predicted octanol–water partition coefficient (Wildman–Crippen LogP) is 14.8. The first-order valence-corrected chi connectivity index (χ1v) is 28.8. The van der Waals surface area contributed by atoms with Crippen LogP contribution in [-0.2, 0) is 0 Å². The zero-order chi connectivity index (χ0) is 48.2. The summed E-state index contributed by atoms with van der Waals surface area (Å²) in [5.41, 5.74) is 13.1. The van der Waals surface area contributed by atoms with Crippen LogP contribution in [0.1, 0.15) is 5.56 Å². The summed E-state index contributed by atoms with van der Waals surface area (Å²) in [6, 6.07) is 98.3. The molecule has 0 amide bonds. The molecule has 342 valence electrons. The van der Waals surface area contributed by atoms with Crippen LogP contribution < -0.4 is 22.5 Å². The van der Waals surface area contributed by atoms with Crippen LogP contribution in [0.25, 0.3) is 66.1 Å². The maximum atomic E-state index is 14.5. The van der Waals surface area contributed by atoms with Crippen LogP contribution in [0.5, 0.6) is 0 Å². The Morgan fingerprint density at radius 1 is 0.319 bits per heavy atom. The van der Waals surface area contributed by atoms with Gasteiger partial charge < -0.3 is 4.57 Å². The van der Waals surface area contributed by atoms with Gasteiger partial charge in [-0.25, -0.2) is 4.39 Å². The third-order valence-electron chi connectivity index (χ3n) is 14.6. The minimum atomic E-state index is -3.45. The van der Waals surface area contributed by atoms with Gasteiger partial charge in [0.2, 0.25) is 0 Å². The van der Waals surface area contributed by atoms with E-state index in [1.54, 1.807) is 12.1 Å². The molecular weight excluding hydrogens is 938 g/mol. The molecule has 0 saturated heterocycles. The molecule has 5 heteroatoms. The first-order valence-electron chi connectivity index (χ1n) is 24.6. The Morgan fingerprint density at radius 3 is 1.28 bits per heavy atom. The van der Waals surface area contributed by atoms with E-state index in [-0.39, 0.29) is 5.82 Å². The minimum Gasteiger partial charge on any atom is -0.0572 e. The van der Waals surface area contributed by atoms with E-state index in [1.165, 1.54) is 39.4 Å². The smallest absolute Gasteiger partial charge is 0.0378 e. The van der Waals surface area contributed by atoms with E-state index in [0.29, 0.717) is 0 Å². The maximum absolute atomic E-state index is 14.5. The number of halogens is 1. The summed E-state index contributed by atoms with van der Waals surface area (Å²) in [7, 11) is 0. The molecule has 0 fully saturated rings. The Labute approximate surface area is 421 Å². The molecule has 0 aliphatic rings. The Morgan fingerprint density at radius 2 is 0.722 bits per heavy atom. The van der Waals surface area contributed by atoms with Crippen LogP contribution in [0.2, 0.25) is 0 Å². The summed E-state index contributed by atoms with van der Waals surface area (Å²) < 4.78 is 24.7. The molecule has 2 heterocycles. The van der Waals surface area contributed by atoms with Crippen molar-refractivity contribution in [3.63, 3.8) is 0 Å². The largest absolute Gasteiger partial charge is 0.0572 e. The molecule has 0 spiro atoms. The van der Waals surface area contributed by atoms with Crippen molar-refractivity contribution in [2.45, 2.75) is 6.92 Å². The van der Waals surface area contributed by atoms with Gasteiger partial charge >= 0.3 is 272 Å². The fourth-order valence-electron chi connectivity index (χ4n) is 11.3. The molecule has 72 heavy (non-hydrogen) atoms. The van der Waals surface area contributed by atoms with Gasteiger partial charge in [0.15, 0.2) is 0 Å². The second-order valence-electron chi connectivity index (χ2n) is 18.7. The molecule has 0 aliphatic carbocycles. The predicted molar refractivity (Wildman–Crippen MR) is 304 cm³/mol. The van der Waals surface area contributed by atoms with E-state index in [9.17, 15) is 4.39 Å². The molecule has 0 radical (unpaired) electrons. The van der Waals surface area contributed by atoms with Gasteiger partial charge in [-0.3, -0.25) is 0 Å². The molecule has 3 nitrogen and oxygen atoms in total. The molecule has 0 N–H and O–H groups in total. The Balaban J connectivity index is 0.989. The standard InChI is InChI=1S/C67H48FGeN3/c1-47-26-35-56(36-27-47)70(58-39-42-66-62(45-58)60-24-14-15-25-64(60)71(66)55-22-12-5-13-23-55)59-40-43-67-63(46-59)61-44-49(30-41-65(61)72(67)57-37-31-50(68)32-38-57)48-28-33-54(34-29-48)69(51-16-6-2-7-17-51,52-18-8-3-9-19-52)53-20-10-4-11-21-53/h2-46H,1H3. The number of hydrogen-bond acceptors (Lipinski definition) is 1. The van der Waals surface area contributed by atoms with E-state index in [0.717, 1.165) is 66.9 Å². The number of benzene rings is 11. The van der Waals surface area contributed by atoms with Crippen LogP contribution >= 0.6 is 0 Å². The molecular formula is C67H48FGeN3. The fourth-order valence-corrected chi connectivity index (χ4v) is 21.2. The topological polar surface area (TPSA) is 13.1 Å². The molecule has 13 aromatic rings. The normalized spacial score (nSPS) is 11.8. The molecule has 0 aliphatic heterocycles. The van der Waals surface area contributed by atoms with Gasteiger partial charge in [0.05, 0.1) is 11.0 Å². The summed E-state index contributed by atoms with van der Waals surface area (Å²) in [6.07, 6.45) is 0. The summed E-state index contributed by atoms with van der Waals surface area (Å²) in [6.45, 7) is 2.13. The van der Waals surface area contributed by atoms with Crippen molar-refractivity contribution in [2.24, 2.45) is 0 Å². The monoisotopic (exact) mass is 987 g/mol. The molecule has 2 aromatic heterocycles. The number of anilines is 3. The number of aryl methyl sites for hydroxylation is 1. The van der Waals surface area contributed by atoms with Crippen LogP contribution in [0.15, 0.2) is 273 Å². The Hall–Kier alpha value is -8.71. The summed E-state index contributed by atoms with van der Waals surface area (Å²) >= 11 is -3.45. The quantitative estimate of drug-likeness (QED) is 0.124. The second kappa shape index (κ2) is 17.9. The molecule has 11 aromatic carbocycles. The van der Waals surface area contributed by atoms with E-state index in [4.69, 9.17) is 0 Å². The first-order chi connectivity index (χ1) is 35.5. The van der Waals surface area contributed by atoms with Crippen LogP contribution in [0.3, 0.4) is 0 Å². The van der Waals surface area contributed by atoms with Crippen LogP contribution in [0.4, 0.5) is 21.5 Å². The average Bonchev–Trinajstić information content (AvgIpc) is 3.95. The zero-order valence-electron chi connectivity index (χ0n) is 39.7. The number of rotatable bonds is 10. The van der Waals surface area contributed by atoms with Gasteiger partial charge in [0.1, 0.15) is 5.82 Å². The number of fused-ring (bicyclic) bond motifs is 6. The van der Waals surface area contributed by atoms with Gasteiger partial charge in [0, 0.05) is 16.5 Å². The summed E-state index contributed by atoms with van der Waals surface area (Å²) in [4.78, 5) is 2.38. The third-order valence-corrected chi connectivity index (χ3v) is 24.6. The van der Waals surface area contributed by atoms with Gasteiger partial charge in [0.25, 0.3) is 0 Å². The van der Waals surface area contributed by atoms with Crippen LogP contribution in [-0.4, -0.2) is 22.4 Å². The van der Waals surface area contributed by atoms with E-state index in [1.807, 2.05) is 12.1 Å². The first kappa shape index (κ1) is 43.3. The summed E-state index contributed by atoms with van der Waals surface area (Å²) in [5, 5.41) is 4.61. The summed E-state index contributed by atoms with van der Waals surface area (Å²) in [5.74, 6) is -0.259. The van der Waals surface area contributed by atoms with E-state index in [2.05, 4.69) is 270 Å². The zero-order valence-corrected chi connectivity index (χ0v) is 41.8. The van der Waals surface area contributed by atoms with Crippen molar-refractivity contribution in [3.05, 3.63) is 284 Å². The van der Waals surface area contributed by atoms with Gasteiger partial charge in [-0.15, -0.1) is 0 Å². The van der Waals surface area contributed by atoms with Crippen molar-refractivity contribution in [3.8, 4) is 22.5 Å².